The zero-order chi connectivity index (χ0) is 25.2. The summed E-state index contributed by atoms with van der Waals surface area (Å²) in [5.74, 6) is -2.21. The molecule has 3 heterocycles. The lowest BCUT2D eigenvalue weighted by molar-refractivity contribution is 0.102. The molecule has 36 heavy (non-hydrogen) atoms. The molecule has 0 unspecified atom stereocenters. The molecule has 2 aromatic heterocycles. The van der Waals surface area contributed by atoms with E-state index in [0.29, 0.717) is 35.0 Å². The topological polar surface area (TPSA) is 89.1 Å². The molecule has 1 amide bonds. The van der Waals surface area contributed by atoms with Gasteiger partial charge < -0.3 is 16.0 Å². The third-order valence-corrected chi connectivity index (χ3v) is 6.90. The number of benzene rings is 2. The highest BCUT2D eigenvalue weighted by molar-refractivity contribution is 7.13. The summed E-state index contributed by atoms with van der Waals surface area (Å²) in [5, 5.41) is 9.04. The van der Waals surface area contributed by atoms with E-state index in [1.807, 2.05) is 4.90 Å². The first kappa shape index (κ1) is 24.0. The van der Waals surface area contributed by atoms with E-state index < -0.39 is 23.4 Å². The van der Waals surface area contributed by atoms with Crippen molar-refractivity contribution < 1.29 is 18.0 Å². The van der Waals surface area contributed by atoms with Crippen molar-refractivity contribution in [3.63, 3.8) is 0 Å². The second-order valence-electron chi connectivity index (χ2n) is 8.60. The highest BCUT2D eigenvalue weighted by Gasteiger charge is 2.24. The Morgan fingerprint density at radius 3 is 2.67 bits per heavy atom. The smallest absolute Gasteiger partial charge is 0.275 e. The van der Waals surface area contributed by atoms with Gasteiger partial charge in [-0.2, -0.15) is 5.10 Å². The second-order valence-corrected chi connectivity index (χ2v) is 9.46. The normalized spacial score (nSPS) is 15.8. The van der Waals surface area contributed by atoms with Crippen LogP contribution in [0.3, 0.4) is 0 Å². The van der Waals surface area contributed by atoms with Crippen molar-refractivity contribution in [2.75, 3.05) is 23.3 Å². The summed E-state index contributed by atoms with van der Waals surface area (Å²) in [4.78, 5) is 19.2. The van der Waals surface area contributed by atoms with Crippen molar-refractivity contribution in [2.45, 2.75) is 25.4 Å². The number of anilines is 2. The predicted octanol–water partition coefficient (Wildman–Crippen LogP) is 4.65. The average Bonchev–Trinajstić information content (AvgIpc) is 3.52. The van der Waals surface area contributed by atoms with Crippen LogP contribution < -0.4 is 16.0 Å². The van der Waals surface area contributed by atoms with E-state index in [0.717, 1.165) is 12.8 Å². The highest BCUT2D eigenvalue weighted by atomic mass is 32.1. The van der Waals surface area contributed by atoms with E-state index in [1.165, 1.54) is 52.5 Å². The molecule has 1 saturated heterocycles. The van der Waals surface area contributed by atoms with Crippen LogP contribution in [0.25, 0.3) is 10.6 Å². The average molecular weight is 513 g/mol. The standard InChI is InChI=1S/C25H23F3N6OS/c26-18-5-1-6-19(27)17(18)13-34-11-15(10-30-34)25-32-22(14-36-25)24(35)31-21-8-2-7-20(28)23(21)33-9-3-4-16(29)12-33/h1-2,5-8,10-11,14,16H,3-4,9,12-13,29H2,(H,31,35)/t16-/m1/s1. The van der Waals surface area contributed by atoms with Crippen LogP contribution in [-0.4, -0.2) is 39.8 Å². The summed E-state index contributed by atoms with van der Waals surface area (Å²) < 4.78 is 44.1. The van der Waals surface area contributed by atoms with Gasteiger partial charge in [-0.05, 0) is 37.1 Å². The highest BCUT2D eigenvalue weighted by Crippen LogP contribution is 2.32. The van der Waals surface area contributed by atoms with Gasteiger partial charge in [0.05, 0.1) is 24.1 Å². The molecule has 0 spiro atoms. The van der Waals surface area contributed by atoms with Crippen LogP contribution >= 0.6 is 11.3 Å². The quantitative estimate of drug-likeness (QED) is 0.393. The van der Waals surface area contributed by atoms with E-state index >= 15 is 0 Å². The molecular formula is C25H23F3N6OS. The Bertz CT molecular complexity index is 1380. The summed E-state index contributed by atoms with van der Waals surface area (Å²) in [6.45, 7) is 1.07. The molecule has 1 aliphatic heterocycles. The number of rotatable bonds is 6. The van der Waals surface area contributed by atoms with Crippen molar-refractivity contribution in [1.82, 2.24) is 14.8 Å². The Kier molecular flexibility index (Phi) is 6.75. The van der Waals surface area contributed by atoms with Crippen LogP contribution in [0.15, 0.2) is 54.2 Å². The molecule has 0 bridgehead atoms. The number of piperidine rings is 1. The molecule has 0 radical (unpaired) electrons. The monoisotopic (exact) mass is 512 g/mol. The first-order chi connectivity index (χ1) is 17.4. The maximum atomic E-state index is 14.7. The maximum absolute atomic E-state index is 14.7. The van der Waals surface area contributed by atoms with Crippen LogP contribution in [-0.2, 0) is 6.54 Å². The number of nitrogens with two attached hydrogens (primary N) is 1. The molecule has 3 N–H and O–H groups in total. The van der Waals surface area contributed by atoms with Gasteiger partial charge >= 0.3 is 0 Å². The van der Waals surface area contributed by atoms with E-state index in [-0.39, 0.29) is 23.8 Å². The third kappa shape index (κ3) is 4.98. The lowest BCUT2D eigenvalue weighted by Crippen LogP contribution is -2.43. The number of amides is 1. The number of hydrogen-bond donors (Lipinski definition) is 2. The largest absolute Gasteiger partial charge is 0.366 e. The van der Waals surface area contributed by atoms with Gasteiger partial charge in [0.25, 0.3) is 5.91 Å². The lowest BCUT2D eigenvalue weighted by Gasteiger charge is -2.34. The molecule has 2 aromatic carbocycles. The first-order valence-electron chi connectivity index (χ1n) is 11.4. The minimum Gasteiger partial charge on any atom is -0.366 e. The van der Waals surface area contributed by atoms with E-state index in [1.54, 1.807) is 17.6 Å². The summed E-state index contributed by atoms with van der Waals surface area (Å²) >= 11 is 1.23. The fourth-order valence-corrected chi connectivity index (χ4v) is 5.03. The van der Waals surface area contributed by atoms with Gasteiger partial charge in [0, 0.05) is 41.8 Å². The number of hydrogen-bond acceptors (Lipinski definition) is 6. The molecule has 5 rings (SSSR count). The number of thiazole rings is 1. The molecule has 186 valence electrons. The Hall–Kier alpha value is -3.70. The van der Waals surface area contributed by atoms with Gasteiger partial charge in [-0.3, -0.25) is 9.48 Å². The minimum atomic E-state index is -0.650. The minimum absolute atomic E-state index is 0.0567. The SMILES string of the molecule is N[C@@H]1CCCN(c2c(F)cccc2NC(=O)c2csc(-c3cnn(Cc4c(F)cccc4F)c3)n2)C1. The van der Waals surface area contributed by atoms with Gasteiger partial charge in [0.15, 0.2) is 0 Å². The number of para-hydroxylation sites is 1. The summed E-state index contributed by atoms with van der Waals surface area (Å²) in [7, 11) is 0. The summed E-state index contributed by atoms with van der Waals surface area (Å²) in [5.41, 5.74) is 7.41. The Balaban J connectivity index is 1.32. The molecule has 1 aliphatic rings. The number of halogens is 3. The first-order valence-corrected chi connectivity index (χ1v) is 12.3. The fraction of sp³-hybridized carbons (Fsp3) is 0.240. The number of carbonyl (C=O) groups is 1. The van der Waals surface area contributed by atoms with E-state index in [4.69, 9.17) is 5.73 Å². The fourth-order valence-electron chi connectivity index (χ4n) is 4.25. The Labute approximate surface area is 209 Å². The van der Waals surface area contributed by atoms with Crippen molar-refractivity contribution in [2.24, 2.45) is 5.73 Å². The van der Waals surface area contributed by atoms with Gasteiger partial charge in [0.1, 0.15) is 28.2 Å². The maximum Gasteiger partial charge on any atom is 0.275 e. The lowest BCUT2D eigenvalue weighted by atomic mass is 10.1. The van der Waals surface area contributed by atoms with Crippen LogP contribution in [0.4, 0.5) is 24.5 Å². The number of aromatic nitrogens is 3. The van der Waals surface area contributed by atoms with Crippen LogP contribution in [0.1, 0.15) is 28.9 Å². The predicted molar refractivity (Wildman–Crippen MR) is 133 cm³/mol. The number of nitrogens with zero attached hydrogens (tertiary/aromatic N) is 4. The summed E-state index contributed by atoms with van der Waals surface area (Å²) in [6, 6.07) is 8.18. The third-order valence-electron chi connectivity index (χ3n) is 6.01. The van der Waals surface area contributed by atoms with Gasteiger partial charge in [-0.15, -0.1) is 11.3 Å². The van der Waals surface area contributed by atoms with Crippen LogP contribution in [0.5, 0.6) is 0 Å². The van der Waals surface area contributed by atoms with E-state index in [9.17, 15) is 18.0 Å². The number of carbonyl (C=O) groups excluding carboxylic acids is 1. The van der Waals surface area contributed by atoms with Gasteiger partial charge in [-0.25, -0.2) is 18.2 Å². The Morgan fingerprint density at radius 1 is 1.14 bits per heavy atom. The van der Waals surface area contributed by atoms with Crippen molar-refractivity contribution in [3.8, 4) is 10.6 Å². The van der Waals surface area contributed by atoms with Crippen LogP contribution in [0.2, 0.25) is 0 Å². The molecular weight excluding hydrogens is 489 g/mol. The molecule has 7 nitrogen and oxygen atoms in total. The zero-order valence-electron chi connectivity index (χ0n) is 19.1. The van der Waals surface area contributed by atoms with Gasteiger partial charge in [-0.1, -0.05) is 12.1 Å². The van der Waals surface area contributed by atoms with Crippen molar-refractivity contribution in [3.05, 3.63) is 82.9 Å². The van der Waals surface area contributed by atoms with Crippen molar-refractivity contribution >= 4 is 28.6 Å². The molecule has 11 heteroatoms. The summed E-state index contributed by atoms with van der Waals surface area (Å²) in [6.07, 6.45) is 4.84. The molecule has 0 saturated carbocycles. The molecule has 1 atom stereocenters. The van der Waals surface area contributed by atoms with Crippen molar-refractivity contribution in [1.29, 1.82) is 0 Å². The van der Waals surface area contributed by atoms with E-state index in [2.05, 4.69) is 15.4 Å². The Morgan fingerprint density at radius 2 is 1.89 bits per heavy atom. The molecule has 0 aliphatic carbocycles. The zero-order valence-corrected chi connectivity index (χ0v) is 19.9. The van der Waals surface area contributed by atoms with Gasteiger partial charge in [0.2, 0.25) is 0 Å². The van der Waals surface area contributed by atoms with Crippen LogP contribution in [0, 0.1) is 17.5 Å². The molecule has 1 fully saturated rings. The second kappa shape index (κ2) is 10.1. The number of nitrogens with one attached hydrogen (secondary N) is 1. The molecule has 4 aromatic rings.